The average Bonchev–Trinajstić information content (AvgIpc) is 2.91. The molecule has 0 radical (unpaired) electrons. The van der Waals surface area contributed by atoms with E-state index in [2.05, 4.69) is 60.2 Å². The van der Waals surface area contributed by atoms with Crippen molar-refractivity contribution in [1.82, 2.24) is 0 Å². The first-order chi connectivity index (χ1) is 10.8. The molecule has 112 valence electrons. The van der Waals surface area contributed by atoms with Crippen molar-refractivity contribution in [3.63, 3.8) is 0 Å². The monoisotopic (exact) mass is 310 g/mol. The molecular weight excluding hydrogens is 290 g/mol. The number of para-hydroxylation sites is 1. The molecule has 2 aliphatic rings. The van der Waals surface area contributed by atoms with Gasteiger partial charge in [0, 0.05) is 12.0 Å². The van der Waals surface area contributed by atoms with Gasteiger partial charge in [-0.15, -0.1) is 0 Å². The van der Waals surface area contributed by atoms with Gasteiger partial charge in [-0.25, -0.2) is 0 Å². The minimum Gasteiger partial charge on any atom is -0.496 e. The Morgan fingerprint density at radius 2 is 2.09 bits per heavy atom. The van der Waals surface area contributed by atoms with Crippen molar-refractivity contribution in [3.8, 4) is 0 Å². The van der Waals surface area contributed by atoms with Crippen molar-refractivity contribution >= 4 is 27.1 Å². The summed E-state index contributed by atoms with van der Waals surface area (Å²) in [5.41, 5.74) is 2.53. The summed E-state index contributed by atoms with van der Waals surface area (Å²) in [5.74, 6) is 2.10. The van der Waals surface area contributed by atoms with Crippen molar-refractivity contribution in [1.29, 1.82) is 0 Å². The predicted molar refractivity (Wildman–Crippen MR) is 91.4 cm³/mol. The molecule has 2 aromatic rings. The highest BCUT2D eigenvalue weighted by molar-refractivity contribution is 7.19. The molecule has 1 heterocycles. The van der Waals surface area contributed by atoms with E-state index in [-0.39, 0.29) is 0 Å². The Morgan fingerprint density at radius 1 is 1.23 bits per heavy atom. The Labute approximate surface area is 135 Å². The lowest BCUT2D eigenvalue weighted by molar-refractivity contribution is -0.642. The van der Waals surface area contributed by atoms with Crippen molar-refractivity contribution in [2.75, 3.05) is 7.11 Å². The fourth-order valence-corrected chi connectivity index (χ4v) is 4.68. The van der Waals surface area contributed by atoms with Gasteiger partial charge in [-0.2, -0.15) is 4.57 Å². The van der Waals surface area contributed by atoms with Gasteiger partial charge in [-0.05, 0) is 30.9 Å². The second kappa shape index (κ2) is 5.40. The number of ether oxygens (including phenoxy) is 1. The number of allylic oxidation sites excluding steroid dienone is 5. The van der Waals surface area contributed by atoms with E-state index >= 15 is 0 Å². The number of nitrogens with zero attached hydrogens (tertiary/aromatic N) is 1. The van der Waals surface area contributed by atoms with Gasteiger partial charge in [0.05, 0.1) is 12.7 Å². The van der Waals surface area contributed by atoms with Crippen LogP contribution in [0, 0.1) is 11.8 Å². The molecule has 0 saturated carbocycles. The molecule has 2 unspecified atom stereocenters. The second-order valence-electron chi connectivity index (χ2n) is 6.00. The fraction of sp³-hybridized carbons (Fsp3) is 0.316. The van der Waals surface area contributed by atoms with Gasteiger partial charge in [0.25, 0.3) is 5.01 Å². The molecule has 3 heteroatoms. The van der Waals surface area contributed by atoms with Crippen LogP contribution in [0.4, 0.5) is 0 Å². The highest BCUT2D eigenvalue weighted by atomic mass is 32.1. The molecule has 2 aliphatic carbocycles. The third-order valence-electron chi connectivity index (χ3n) is 4.70. The Bertz CT molecular complexity index is 812. The predicted octanol–water partition coefficient (Wildman–Crippen LogP) is 4.24. The number of thiazole rings is 1. The normalized spacial score (nSPS) is 23.9. The highest BCUT2D eigenvalue weighted by Crippen LogP contribution is 2.40. The number of aryl methyl sites for hydroxylation is 1. The molecule has 0 saturated heterocycles. The van der Waals surface area contributed by atoms with E-state index in [0.29, 0.717) is 11.8 Å². The van der Waals surface area contributed by atoms with Gasteiger partial charge in [0.1, 0.15) is 17.5 Å². The molecule has 0 amide bonds. The van der Waals surface area contributed by atoms with Crippen LogP contribution in [-0.4, -0.2) is 7.11 Å². The molecule has 2 atom stereocenters. The van der Waals surface area contributed by atoms with Crippen molar-refractivity contribution in [3.05, 3.63) is 59.3 Å². The smallest absolute Gasteiger partial charge is 0.273 e. The summed E-state index contributed by atoms with van der Waals surface area (Å²) in [5, 5.41) is 1.28. The van der Waals surface area contributed by atoms with Gasteiger partial charge in [0.2, 0.25) is 5.52 Å². The Kier molecular flexibility index (Phi) is 3.38. The molecule has 0 fully saturated rings. The van der Waals surface area contributed by atoms with E-state index in [1.807, 2.05) is 11.3 Å². The summed E-state index contributed by atoms with van der Waals surface area (Å²) in [6, 6.07) is 8.58. The SMILES string of the molecule is COC1=CC2C=CCCC2C=C1c1sc2ccccc2[n+]1C. The van der Waals surface area contributed by atoms with Crippen LogP contribution in [0.15, 0.2) is 54.3 Å². The van der Waals surface area contributed by atoms with Gasteiger partial charge < -0.3 is 4.74 Å². The van der Waals surface area contributed by atoms with Gasteiger partial charge >= 0.3 is 0 Å². The molecule has 22 heavy (non-hydrogen) atoms. The minimum atomic E-state index is 0.493. The number of benzene rings is 1. The lowest BCUT2D eigenvalue weighted by Crippen LogP contribution is -2.31. The van der Waals surface area contributed by atoms with Crippen LogP contribution in [0.3, 0.4) is 0 Å². The average molecular weight is 310 g/mol. The number of hydrogen-bond acceptors (Lipinski definition) is 2. The summed E-state index contributed by atoms with van der Waals surface area (Å²) < 4.78 is 9.32. The lowest BCUT2D eigenvalue weighted by atomic mass is 9.79. The Balaban J connectivity index is 1.85. The molecule has 0 N–H and O–H groups in total. The number of methoxy groups -OCH3 is 1. The number of rotatable bonds is 2. The van der Waals surface area contributed by atoms with Gasteiger partial charge in [-0.1, -0.05) is 41.7 Å². The first-order valence-corrected chi connectivity index (χ1v) is 8.62. The van der Waals surface area contributed by atoms with Crippen LogP contribution in [0.1, 0.15) is 17.8 Å². The number of fused-ring (bicyclic) bond motifs is 2. The number of aromatic nitrogens is 1. The third kappa shape index (κ3) is 2.12. The summed E-state index contributed by atoms with van der Waals surface area (Å²) >= 11 is 1.84. The molecule has 4 rings (SSSR count). The summed E-state index contributed by atoms with van der Waals surface area (Å²) in [6.45, 7) is 0. The maximum atomic E-state index is 5.71. The largest absolute Gasteiger partial charge is 0.496 e. The van der Waals surface area contributed by atoms with Crippen molar-refractivity contribution < 1.29 is 9.30 Å². The van der Waals surface area contributed by atoms with Gasteiger partial charge in [-0.3, -0.25) is 0 Å². The highest BCUT2D eigenvalue weighted by Gasteiger charge is 2.31. The van der Waals surface area contributed by atoms with Crippen LogP contribution in [0.2, 0.25) is 0 Å². The quantitative estimate of drug-likeness (QED) is 0.597. The Morgan fingerprint density at radius 3 is 2.91 bits per heavy atom. The second-order valence-corrected chi connectivity index (χ2v) is 7.03. The third-order valence-corrected chi connectivity index (χ3v) is 5.95. The topological polar surface area (TPSA) is 13.1 Å². The van der Waals surface area contributed by atoms with E-state index in [1.165, 1.54) is 33.6 Å². The van der Waals surface area contributed by atoms with E-state index < -0.39 is 0 Å². The minimum absolute atomic E-state index is 0.493. The zero-order valence-electron chi connectivity index (χ0n) is 13.0. The van der Waals surface area contributed by atoms with E-state index in [0.717, 1.165) is 5.76 Å². The Hall–Kier alpha value is -1.87. The molecule has 0 aliphatic heterocycles. The molecule has 0 spiro atoms. The summed E-state index contributed by atoms with van der Waals surface area (Å²) in [6.07, 6.45) is 11.7. The van der Waals surface area contributed by atoms with Gasteiger partial charge in [0.15, 0.2) is 0 Å². The van der Waals surface area contributed by atoms with E-state index in [1.54, 1.807) is 7.11 Å². The van der Waals surface area contributed by atoms with Crippen LogP contribution < -0.4 is 4.57 Å². The summed E-state index contributed by atoms with van der Waals surface area (Å²) in [7, 11) is 3.93. The van der Waals surface area contributed by atoms with Crippen molar-refractivity contribution in [2.24, 2.45) is 18.9 Å². The first-order valence-electron chi connectivity index (χ1n) is 7.80. The molecule has 2 nitrogen and oxygen atoms in total. The van der Waals surface area contributed by atoms with Crippen LogP contribution in [-0.2, 0) is 11.8 Å². The van der Waals surface area contributed by atoms with Crippen molar-refractivity contribution in [2.45, 2.75) is 12.8 Å². The molecule has 1 aromatic carbocycles. The van der Waals surface area contributed by atoms with Crippen LogP contribution in [0.25, 0.3) is 15.8 Å². The maximum Gasteiger partial charge on any atom is 0.273 e. The van der Waals surface area contributed by atoms with Crippen LogP contribution in [0.5, 0.6) is 0 Å². The van der Waals surface area contributed by atoms with E-state index in [4.69, 9.17) is 4.74 Å². The summed E-state index contributed by atoms with van der Waals surface area (Å²) in [4.78, 5) is 0. The fourth-order valence-electron chi connectivity index (χ4n) is 3.50. The molecular formula is C19H20NOS+. The zero-order valence-corrected chi connectivity index (χ0v) is 13.8. The molecule has 0 bridgehead atoms. The van der Waals surface area contributed by atoms with E-state index in [9.17, 15) is 0 Å². The maximum absolute atomic E-state index is 5.71. The lowest BCUT2D eigenvalue weighted by Gasteiger charge is -2.27. The standard InChI is InChI=1S/C19H20NOS/c1-20-16-9-5-6-10-18(16)22-19(20)15-11-13-7-3-4-8-14(13)12-17(15)21-2/h4-6,8-14H,3,7H2,1-2H3/q+1. The first kappa shape index (κ1) is 13.8. The molecule has 1 aromatic heterocycles. The van der Waals surface area contributed by atoms with Crippen LogP contribution >= 0.6 is 11.3 Å². The zero-order chi connectivity index (χ0) is 15.1. The number of hydrogen-bond donors (Lipinski definition) is 0.